The standard InChI is InChI=1S/C9H16O3.6C4H9.2Sn/c1-6(8(11)12-5)7(10)9(2,3)4;6*1-3-4-2;;/h1,6-7,10H,2-5H3;6*1,3-4H2,2H3;;/t6-,7-;;;;;;;;/m1......../s1. The molecule has 38 heavy (non-hydrogen) atoms. The third-order valence-electron chi connectivity index (χ3n) is 9.55. The summed E-state index contributed by atoms with van der Waals surface area (Å²) in [5.41, 5.74) is -0.327. The van der Waals surface area contributed by atoms with Crippen molar-refractivity contribution in [2.24, 2.45) is 11.3 Å². The average Bonchev–Trinajstić information content (AvgIpc) is 2.90. The molecule has 5 heteroatoms. The van der Waals surface area contributed by atoms with E-state index in [1.54, 1.807) is 7.11 Å². The number of ether oxygens (including phenoxy) is 1. The Morgan fingerprint density at radius 1 is 0.632 bits per heavy atom. The molecule has 0 spiro atoms. The normalized spacial score (nSPS) is 14.6. The van der Waals surface area contributed by atoms with Gasteiger partial charge in [-0.05, 0) is 0 Å². The molecule has 0 saturated heterocycles. The Bertz CT molecular complexity index is 526. The van der Waals surface area contributed by atoms with Crippen LogP contribution in [0.5, 0.6) is 0 Å². The predicted octanol–water partition coefficient (Wildman–Crippen LogP) is 10.8. The van der Waals surface area contributed by atoms with E-state index in [0.29, 0.717) is 1.95 Å². The Kier molecular flexibility index (Phi) is 21.4. The molecule has 0 unspecified atom stereocenters. The third-order valence-corrected chi connectivity index (χ3v) is 65.7. The molecule has 3 nitrogen and oxygen atoms in total. The summed E-state index contributed by atoms with van der Waals surface area (Å²) in [6.07, 6.45) is 14.7. The molecule has 0 radical (unpaired) electrons. The molecule has 0 aliphatic carbocycles. The van der Waals surface area contributed by atoms with Crippen molar-refractivity contribution in [2.45, 2.75) is 174 Å². The summed E-state index contributed by atoms with van der Waals surface area (Å²) in [6, 6.07) is 0. The molecule has 1 N–H and O–H groups in total. The van der Waals surface area contributed by atoms with Gasteiger partial charge < -0.3 is 0 Å². The van der Waals surface area contributed by atoms with Gasteiger partial charge in [0.2, 0.25) is 0 Å². The summed E-state index contributed by atoms with van der Waals surface area (Å²) in [5.74, 6) is -0.378. The summed E-state index contributed by atoms with van der Waals surface area (Å²) >= 11 is -5.96. The van der Waals surface area contributed by atoms with Crippen LogP contribution in [0.15, 0.2) is 0 Å². The minimum atomic E-state index is -2.98. The van der Waals surface area contributed by atoms with Crippen LogP contribution in [0.3, 0.4) is 0 Å². The number of unbranched alkanes of at least 4 members (excludes halogenated alkanes) is 6. The van der Waals surface area contributed by atoms with Crippen molar-refractivity contribution in [3.63, 3.8) is 0 Å². The van der Waals surface area contributed by atoms with Crippen LogP contribution in [0.2, 0.25) is 28.6 Å². The van der Waals surface area contributed by atoms with E-state index in [0.717, 1.165) is 0 Å². The van der Waals surface area contributed by atoms with Crippen LogP contribution in [0.25, 0.3) is 0 Å². The summed E-state index contributed by atoms with van der Waals surface area (Å²) in [4.78, 5) is 14.1. The van der Waals surface area contributed by atoms with Crippen LogP contribution < -0.4 is 0 Å². The molecule has 0 aromatic heterocycles. The molecule has 0 fully saturated rings. The first-order valence-electron chi connectivity index (χ1n) is 16.8. The van der Waals surface area contributed by atoms with Gasteiger partial charge in [0, 0.05) is 0 Å². The van der Waals surface area contributed by atoms with Gasteiger partial charge in [-0.1, -0.05) is 0 Å². The van der Waals surface area contributed by atoms with E-state index in [-0.39, 0.29) is 17.3 Å². The summed E-state index contributed by atoms with van der Waals surface area (Å²) < 4.78 is 14.8. The Morgan fingerprint density at radius 3 is 1.08 bits per heavy atom. The van der Waals surface area contributed by atoms with Crippen LogP contribution in [-0.2, 0) is 9.53 Å². The summed E-state index contributed by atoms with van der Waals surface area (Å²) in [6.45, 7) is 20.6. The second kappa shape index (κ2) is 20.8. The first-order chi connectivity index (χ1) is 18.0. The molecule has 0 heterocycles. The molecule has 0 aliphatic heterocycles. The van der Waals surface area contributed by atoms with Crippen molar-refractivity contribution in [3.8, 4) is 0 Å². The second-order valence-electron chi connectivity index (χ2n) is 13.7. The SMILES string of the molecule is CCC[CH2][Sn]([CH2]CCC)([CH2]CCC)[CH]([C@@H](C(=O)OC)[C@@H](O)C(C)(C)C)[Sn]([CH2]CCC)([CH2]CCC)[CH2]CCC. The molecular weight excluding hydrogens is 682 g/mol. The molecule has 0 rings (SSSR count). The number of carbonyl (C=O) groups is 1. The summed E-state index contributed by atoms with van der Waals surface area (Å²) in [5, 5.41) is 12.2. The van der Waals surface area contributed by atoms with E-state index < -0.39 is 42.9 Å². The van der Waals surface area contributed by atoms with E-state index in [1.807, 2.05) is 0 Å². The number of hydrogen-bond donors (Lipinski definition) is 1. The Hall–Kier alpha value is 1.03. The number of aliphatic hydroxyl groups is 1. The van der Waals surface area contributed by atoms with Crippen molar-refractivity contribution in [3.05, 3.63) is 0 Å². The topological polar surface area (TPSA) is 46.5 Å². The number of hydrogen-bond acceptors (Lipinski definition) is 3. The number of carbonyl (C=O) groups excluding carboxylic acids is 1. The zero-order valence-electron chi connectivity index (χ0n) is 27.7. The van der Waals surface area contributed by atoms with E-state index >= 15 is 0 Å². The first kappa shape index (κ1) is 39.0. The number of methoxy groups -OCH3 is 1. The molecule has 2 atom stereocenters. The molecule has 0 aliphatic rings. The first-order valence-corrected chi connectivity index (χ1v) is 32.2. The van der Waals surface area contributed by atoms with Gasteiger partial charge in [-0.25, -0.2) is 0 Å². The molecule has 0 saturated carbocycles. The van der Waals surface area contributed by atoms with Gasteiger partial charge in [-0.3, -0.25) is 0 Å². The molecule has 0 bridgehead atoms. The monoisotopic (exact) mass is 754 g/mol. The van der Waals surface area contributed by atoms with Gasteiger partial charge in [-0.15, -0.1) is 0 Å². The molecule has 0 amide bonds. The van der Waals surface area contributed by atoms with E-state index in [4.69, 9.17) is 4.74 Å². The van der Waals surface area contributed by atoms with Crippen LogP contribution in [0, 0.1) is 11.3 Å². The maximum absolute atomic E-state index is 14.1. The third kappa shape index (κ3) is 12.1. The van der Waals surface area contributed by atoms with Gasteiger partial charge in [0.15, 0.2) is 0 Å². The van der Waals surface area contributed by atoms with Gasteiger partial charge in [-0.2, -0.15) is 0 Å². The molecule has 0 aromatic rings. The van der Waals surface area contributed by atoms with Gasteiger partial charge in [0.05, 0.1) is 0 Å². The molecule has 0 aromatic carbocycles. The molecular formula is C33H70O3Sn2. The van der Waals surface area contributed by atoms with Gasteiger partial charge in [0.1, 0.15) is 0 Å². The van der Waals surface area contributed by atoms with E-state index in [9.17, 15) is 9.90 Å². The summed E-state index contributed by atoms with van der Waals surface area (Å²) in [7, 11) is 1.59. The van der Waals surface area contributed by atoms with E-state index in [1.165, 1.54) is 104 Å². The fourth-order valence-corrected chi connectivity index (χ4v) is 86.4. The fourth-order valence-electron chi connectivity index (χ4n) is 7.39. The van der Waals surface area contributed by atoms with Crippen molar-refractivity contribution in [1.82, 2.24) is 0 Å². The number of esters is 1. The Balaban J connectivity index is 7.70. The van der Waals surface area contributed by atoms with Crippen molar-refractivity contribution in [1.29, 1.82) is 0 Å². The van der Waals surface area contributed by atoms with Gasteiger partial charge >= 0.3 is 250 Å². The van der Waals surface area contributed by atoms with E-state index in [2.05, 4.69) is 62.3 Å². The Labute approximate surface area is 248 Å². The fraction of sp³-hybridized carbons (Fsp3) is 0.970. The van der Waals surface area contributed by atoms with Gasteiger partial charge in [0.25, 0.3) is 0 Å². The minimum absolute atomic E-state index is 0.0754. The maximum atomic E-state index is 14.1. The number of aliphatic hydroxyl groups excluding tert-OH is 1. The van der Waals surface area contributed by atoms with Crippen molar-refractivity contribution < 1.29 is 14.6 Å². The predicted molar refractivity (Wildman–Crippen MR) is 175 cm³/mol. The van der Waals surface area contributed by atoms with Crippen molar-refractivity contribution >= 4 is 42.7 Å². The second-order valence-corrected chi connectivity index (χ2v) is 46.1. The van der Waals surface area contributed by atoms with Crippen molar-refractivity contribution in [2.75, 3.05) is 7.11 Å². The van der Waals surface area contributed by atoms with Crippen LogP contribution in [-0.4, -0.2) is 61.0 Å². The zero-order valence-corrected chi connectivity index (χ0v) is 33.4. The van der Waals surface area contributed by atoms with Crippen LogP contribution in [0.1, 0.15) is 139 Å². The number of rotatable bonds is 23. The Morgan fingerprint density at radius 2 is 0.895 bits per heavy atom. The quantitative estimate of drug-likeness (QED) is 0.0835. The van der Waals surface area contributed by atoms with Crippen LogP contribution >= 0.6 is 0 Å². The molecule has 228 valence electrons. The average molecular weight is 752 g/mol. The van der Waals surface area contributed by atoms with Crippen LogP contribution in [0.4, 0.5) is 0 Å². The zero-order chi connectivity index (χ0) is 29.2.